The molecular weight excluding hydrogens is 257 g/mol. The van der Waals surface area contributed by atoms with E-state index in [2.05, 4.69) is 11.9 Å². The highest BCUT2D eigenvalue weighted by molar-refractivity contribution is 6.05. The molecule has 1 aromatic carbocycles. The molecule has 0 fully saturated rings. The summed E-state index contributed by atoms with van der Waals surface area (Å²) in [6.45, 7) is 3.87. The van der Waals surface area contributed by atoms with Gasteiger partial charge in [-0.05, 0) is 55.4 Å². The molecule has 1 heterocycles. The Balaban J connectivity index is 2.42. The zero-order valence-electron chi connectivity index (χ0n) is 11.5. The van der Waals surface area contributed by atoms with Gasteiger partial charge in [0.25, 0.3) is 0 Å². The van der Waals surface area contributed by atoms with Gasteiger partial charge in [0.1, 0.15) is 5.82 Å². The number of aromatic nitrogens is 1. The Morgan fingerprint density at radius 2 is 2.20 bits per heavy atom. The van der Waals surface area contributed by atoms with E-state index in [1.54, 1.807) is 6.92 Å². The summed E-state index contributed by atoms with van der Waals surface area (Å²) in [6.07, 6.45) is 2.52. The highest BCUT2D eigenvalue weighted by atomic mass is 19.1. The highest BCUT2D eigenvalue weighted by Crippen LogP contribution is 2.33. The zero-order valence-corrected chi connectivity index (χ0v) is 11.5. The van der Waals surface area contributed by atoms with Crippen LogP contribution in [-0.2, 0) is 12.8 Å². The predicted molar refractivity (Wildman–Crippen MR) is 74.6 cm³/mol. The molecule has 1 unspecified atom stereocenters. The molecule has 1 aliphatic rings. The van der Waals surface area contributed by atoms with Crippen LogP contribution in [0.2, 0.25) is 0 Å². The Labute approximate surface area is 116 Å². The Kier molecular flexibility index (Phi) is 2.96. The molecule has 1 aromatic heterocycles. The normalized spacial score (nSPS) is 18.1. The van der Waals surface area contributed by atoms with Crippen LogP contribution in [-0.4, -0.2) is 16.1 Å². The van der Waals surface area contributed by atoms with E-state index in [1.807, 2.05) is 0 Å². The van der Waals surface area contributed by atoms with E-state index in [4.69, 9.17) is 0 Å². The molecule has 0 saturated heterocycles. The Morgan fingerprint density at radius 3 is 2.90 bits per heavy atom. The van der Waals surface area contributed by atoms with E-state index in [0.717, 1.165) is 24.1 Å². The number of fused-ring (bicyclic) bond motifs is 2. The molecule has 4 heteroatoms. The molecule has 0 saturated carbocycles. The fraction of sp³-hybridized carbons (Fsp3) is 0.375. The molecule has 3 rings (SSSR count). The van der Waals surface area contributed by atoms with E-state index in [9.17, 15) is 14.3 Å². The van der Waals surface area contributed by atoms with E-state index < -0.39 is 11.8 Å². The van der Waals surface area contributed by atoms with Crippen molar-refractivity contribution < 1.29 is 14.3 Å². The lowest BCUT2D eigenvalue weighted by molar-refractivity contribution is 0.0697. The van der Waals surface area contributed by atoms with Crippen LogP contribution in [0.3, 0.4) is 0 Å². The molecule has 1 N–H and O–H groups in total. The quantitative estimate of drug-likeness (QED) is 0.865. The van der Waals surface area contributed by atoms with Gasteiger partial charge in [0.2, 0.25) is 0 Å². The summed E-state index contributed by atoms with van der Waals surface area (Å²) >= 11 is 0. The SMILES string of the molecule is Cc1cc(F)cc2c(C(=O)O)c3c(nc12)CCC(C)C3. The Morgan fingerprint density at radius 1 is 1.45 bits per heavy atom. The molecule has 0 radical (unpaired) electrons. The summed E-state index contributed by atoms with van der Waals surface area (Å²) < 4.78 is 13.6. The van der Waals surface area contributed by atoms with Gasteiger partial charge in [-0.3, -0.25) is 4.98 Å². The number of carboxylic acids is 1. The van der Waals surface area contributed by atoms with Gasteiger partial charge < -0.3 is 5.11 Å². The van der Waals surface area contributed by atoms with Crippen LogP contribution in [0.15, 0.2) is 12.1 Å². The predicted octanol–water partition coefficient (Wildman–Crippen LogP) is 3.51. The van der Waals surface area contributed by atoms with Crippen molar-refractivity contribution in [3.63, 3.8) is 0 Å². The summed E-state index contributed by atoms with van der Waals surface area (Å²) in [6, 6.07) is 2.69. The summed E-state index contributed by atoms with van der Waals surface area (Å²) in [7, 11) is 0. The van der Waals surface area contributed by atoms with Gasteiger partial charge in [0, 0.05) is 11.1 Å². The number of nitrogens with zero attached hydrogens (tertiary/aromatic N) is 1. The molecule has 1 aliphatic carbocycles. The summed E-state index contributed by atoms with van der Waals surface area (Å²) in [4.78, 5) is 16.3. The van der Waals surface area contributed by atoms with Gasteiger partial charge >= 0.3 is 5.97 Å². The molecule has 0 amide bonds. The lowest BCUT2D eigenvalue weighted by Gasteiger charge is -2.23. The number of carbonyl (C=O) groups is 1. The van der Waals surface area contributed by atoms with Gasteiger partial charge in [0.05, 0.1) is 11.1 Å². The minimum atomic E-state index is -0.993. The molecule has 104 valence electrons. The van der Waals surface area contributed by atoms with E-state index in [0.29, 0.717) is 28.8 Å². The van der Waals surface area contributed by atoms with Crippen molar-refractivity contribution in [1.29, 1.82) is 0 Å². The van der Waals surface area contributed by atoms with E-state index in [-0.39, 0.29) is 5.56 Å². The first kappa shape index (κ1) is 13.0. The third-order valence-electron chi connectivity index (χ3n) is 4.07. The highest BCUT2D eigenvalue weighted by Gasteiger charge is 2.25. The Hall–Kier alpha value is -1.97. The maximum Gasteiger partial charge on any atom is 0.336 e. The monoisotopic (exact) mass is 273 g/mol. The van der Waals surface area contributed by atoms with Gasteiger partial charge in [-0.2, -0.15) is 0 Å². The number of rotatable bonds is 1. The number of benzene rings is 1. The fourth-order valence-corrected chi connectivity index (χ4v) is 3.09. The average molecular weight is 273 g/mol. The maximum atomic E-state index is 13.6. The lowest BCUT2D eigenvalue weighted by Crippen LogP contribution is -2.18. The molecule has 0 aliphatic heterocycles. The standard InChI is InChI=1S/C16H16FNO2/c1-8-3-4-13-11(5-8)14(16(19)20)12-7-10(17)6-9(2)15(12)18-13/h6-8H,3-5H2,1-2H3,(H,19,20). The molecule has 2 aromatic rings. The van der Waals surface area contributed by atoms with E-state index >= 15 is 0 Å². The zero-order chi connectivity index (χ0) is 14.4. The van der Waals surface area contributed by atoms with E-state index in [1.165, 1.54) is 12.1 Å². The van der Waals surface area contributed by atoms with Gasteiger partial charge in [-0.15, -0.1) is 0 Å². The number of aromatic carboxylic acids is 1. The average Bonchev–Trinajstić information content (AvgIpc) is 2.36. The van der Waals surface area contributed by atoms with Crippen molar-refractivity contribution in [1.82, 2.24) is 4.98 Å². The number of hydrogen-bond donors (Lipinski definition) is 1. The third-order valence-corrected chi connectivity index (χ3v) is 4.07. The number of hydrogen-bond acceptors (Lipinski definition) is 2. The molecular formula is C16H16FNO2. The minimum Gasteiger partial charge on any atom is -0.478 e. The summed E-state index contributed by atoms with van der Waals surface area (Å²) in [5, 5.41) is 9.98. The number of halogens is 1. The van der Waals surface area contributed by atoms with Gasteiger partial charge in [-0.25, -0.2) is 9.18 Å². The second kappa shape index (κ2) is 4.54. The number of carboxylic acid groups (broad SMARTS) is 1. The van der Waals surface area contributed by atoms with Crippen molar-refractivity contribution in [3.05, 3.63) is 40.3 Å². The second-order valence-electron chi connectivity index (χ2n) is 5.68. The molecule has 0 spiro atoms. The van der Waals surface area contributed by atoms with Crippen LogP contribution in [0, 0.1) is 18.7 Å². The van der Waals surface area contributed by atoms with Crippen molar-refractivity contribution in [2.75, 3.05) is 0 Å². The summed E-state index contributed by atoms with van der Waals surface area (Å²) in [5.74, 6) is -0.967. The van der Waals surface area contributed by atoms with Crippen molar-refractivity contribution in [2.24, 2.45) is 5.92 Å². The molecule has 3 nitrogen and oxygen atoms in total. The smallest absolute Gasteiger partial charge is 0.336 e. The number of pyridine rings is 1. The fourth-order valence-electron chi connectivity index (χ4n) is 3.09. The lowest BCUT2D eigenvalue weighted by atomic mass is 9.84. The van der Waals surface area contributed by atoms with Crippen molar-refractivity contribution in [2.45, 2.75) is 33.1 Å². The van der Waals surface area contributed by atoms with Gasteiger partial charge in [0.15, 0.2) is 0 Å². The second-order valence-corrected chi connectivity index (χ2v) is 5.68. The van der Waals surface area contributed by atoms with Crippen LogP contribution in [0.5, 0.6) is 0 Å². The first-order valence-corrected chi connectivity index (χ1v) is 6.82. The van der Waals surface area contributed by atoms with Crippen molar-refractivity contribution in [3.8, 4) is 0 Å². The largest absolute Gasteiger partial charge is 0.478 e. The molecule has 20 heavy (non-hydrogen) atoms. The molecule has 0 bridgehead atoms. The van der Waals surface area contributed by atoms with Crippen LogP contribution in [0.1, 0.15) is 40.5 Å². The minimum absolute atomic E-state index is 0.235. The third kappa shape index (κ3) is 1.96. The topological polar surface area (TPSA) is 50.2 Å². The number of aryl methyl sites for hydroxylation is 2. The van der Waals surface area contributed by atoms with Crippen LogP contribution in [0.4, 0.5) is 4.39 Å². The van der Waals surface area contributed by atoms with Crippen LogP contribution in [0.25, 0.3) is 10.9 Å². The van der Waals surface area contributed by atoms with Gasteiger partial charge in [-0.1, -0.05) is 6.92 Å². The first-order chi connectivity index (χ1) is 9.47. The van der Waals surface area contributed by atoms with Crippen molar-refractivity contribution >= 4 is 16.9 Å². The summed E-state index contributed by atoms with van der Waals surface area (Å²) in [5.41, 5.74) is 3.18. The first-order valence-electron chi connectivity index (χ1n) is 6.82. The maximum absolute atomic E-state index is 13.6. The Bertz CT molecular complexity index is 724. The van der Waals surface area contributed by atoms with Crippen LogP contribution >= 0.6 is 0 Å². The van der Waals surface area contributed by atoms with Crippen LogP contribution < -0.4 is 0 Å². The molecule has 1 atom stereocenters.